The van der Waals surface area contributed by atoms with Gasteiger partial charge in [-0.25, -0.2) is 8.42 Å². The Morgan fingerprint density at radius 3 is 2.21 bits per heavy atom. The standard InChI is InChI=1S/C24H32BrN3O4S/c1-17-14-20(12-13-21(17)25)28(33(6,31)32)16-22(29)27(15-19-10-8-7-9-11-19)18(2)23(30)26-24(3,4)5/h7-14,18H,15-16H2,1-6H3,(H,26,30). The summed E-state index contributed by atoms with van der Waals surface area (Å²) in [6.07, 6.45) is 1.06. The number of carbonyl (C=O) groups excluding carboxylic acids is 2. The Bertz CT molecular complexity index is 1100. The van der Waals surface area contributed by atoms with Crippen molar-refractivity contribution in [1.29, 1.82) is 0 Å². The lowest BCUT2D eigenvalue weighted by Gasteiger charge is -2.33. The second-order valence-corrected chi connectivity index (χ2v) is 11.9. The van der Waals surface area contributed by atoms with Gasteiger partial charge in [0.1, 0.15) is 12.6 Å². The molecule has 7 nitrogen and oxygen atoms in total. The van der Waals surface area contributed by atoms with Crippen LogP contribution in [0.5, 0.6) is 0 Å². The van der Waals surface area contributed by atoms with Crippen LogP contribution in [0.2, 0.25) is 0 Å². The topological polar surface area (TPSA) is 86.8 Å². The van der Waals surface area contributed by atoms with E-state index >= 15 is 0 Å². The predicted molar refractivity (Wildman–Crippen MR) is 135 cm³/mol. The zero-order chi connectivity index (χ0) is 25.0. The van der Waals surface area contributed by atoms with E-state index in [-0.39, 0.29) is 12.5 Å². The zero-order valence-electron chi connectivity index (χ0n) is 19.9. The molecule has 0 bridgehead atoms. The molecule has 0 radical (unpaired) electrons. The highest BCUT2D eigenvalue weighted by molar-refractivity contribution is 9.10. The summed E-state index contributed by atoms with van der Waals surface area (Å²) in [6, 6.07) is 13.6. The van der Waals surface area contributed by atoms with Crippen LogP contribution in [-0.2, 0) is 26.2 Å². The Morgan fingerprint density at radius 1 is 1.09 bits per heavy atom. The van der Waals surface area contributed by atoms with Gasteiger partial charge in [-0.2, -0.15) is 0 Å². The molecule has 1 unspecified atom stereocenters. The molecule has 0 aliphatic carbocycles. The molecule has 0 aliphatic heterocycles. The summed E-state index contributed by atoms with van der Waals surface area (Å²) >= 11 is 3.41. The van der Waals surface area contributed by atoms with Crippen LogP contribution in [0.15, 0.2) is 53.0 Å². The minimum atomic E-state index is -3.75. The third-order valence-electron chi connectivity index (χ3n) is 4.97. The van der Waals surface area contributed by atoms with Gasteiger partial charge in [-0.3, -0.25) is 13.9 Å². The molecule has 33 heavy (non-hydrogen) atoms. The molecule has 0 fully saturated rings. The van der Waals surface area contributed by atoms with Crippen molar-refractivity contribution >= 4 is 43.5 Å². The molecule has 2 amide bonds. The number of carbonyl (C=O) groups is 2. The first-order valence-corrected chi connectivity index (χ1v) is 13.2. The number of hydrogen-bond acceptors (Lipinski definition) is 4. The van der Waals surface area contributed by atoms with E-state index in [1.807, 2.05) is 58.0 Å². The fourth-order valence-electron chi connectivity index (χ4n) is 3.23. The number of nitrogens with one attached hydrogen (secondary N) is 1. The summed E-state index contributed by atoms with van der Waals surface area (Å²) in [7, 11) is -3.75. The van der Waals surface area contributed by atoms with Gasteiger partial charge in [-0.05, 0) is 63.9 Å². The fourth-order valence-corrected chi connectivity index (χ4v) is 4.32. The van der Waals surface area contributed by atoms with Gasteiger partial charge < -0.3 is 10.2 Å². The van der Waals surface area contributed by atoms with Gasteiger partial charge in [0.2, 0.25) is 21.8 Å². The minimum Gasteiger partial charge on any atom is -0.350 e. The van der Waals surface area contributed by atoms with Crippen LogP contribution in [0.4, 0.5) is 5.69 Å². The summed E-state index contributed by atoms with van der Waals surface area (Å²) in [4.78, 5) is 27.8. The molecule has 1 atom stereocenters. The second-order valence-electron chi connectivity index (χ2n) is 9.13. The van der Waals surface area contributed by atoms with Crippen molar-refractivity contribution in [1.82, 2.24) is 10.2 Å². The van der Waals surface area contributed by atoms with Crippen LogP contribution in [0, 0.1) is 6.92 Å². The summed E-state index contributed by atoms with van der Waals surface area (Å²) in [5.41, 5.74) is 1.60. The predicted octanol–water partition coefficient (Wildman–Crippen LogP) is 3.86. The number of hydrogen-bond donors (Lipinski definition) is 1. The summed E-state index contributed by atoms with van der Waals surface area (Å²) in [6.45, 7) is 8.84. The number of halogens is 1. The van der Waals surface area contributed by atoms with Crippen molar-refractivity contribution in [3.63, 3.8) is 0 Å². The molecule has 180 valence electrons. The lowest BCUT2D eigenvalue weighted by atomic mass is 10.1. The molecule has 1 N–H and O–H groups in total. The number of rotatable bonds is 8. The highest BCUT2D eigenvalue weighted by Crippen LogP contribution is 2.25. The molecule has 2 aromatic rings. The molecule has 0 aromatic heterocycles. The Hall–Kier alpha value is -2.39. The first kappa shape index (κ1) is 26.9. The zero-order valence-corrected chi connectivity index (χ0v) is 22.3. The Labute approximate surface area is 205 Å². The average Bonchev–Trinajstić information content (AvgIpc) is 2.70. The molecule has 2 aromatic carbocycles. The first-order chi connectivity index (χ1) is 15.2. The Kier molecular flexibility index (Phi) is 8.70. The van der Waals surface area contributed by atoms with Gasteiger partial charge in [0.25, 0.3) is 0 Å². The number of amides is 2. The molecule has 0 heterocycles. The summed E-state index contributed by atoms with van der Waals surface area (Å²) < 4.78 is 27.1. The highest BCUT2D eigenvalue weighted by atomic mass is 79.9. The van der Waals surface area contributed by atoms with Gasteiger partial charge in [0, 0.05) is 16.6 Å². The van der Waals surface area contributed by atoms with E-state index in [9.17, 15) is 18.0 Å². The minimum absolute atomic E-state index is 0.176. The molecule has 0 saturated heterocycles. The number of benzene rings is 2. The van der Waals surface area contributed by atoms with Crippen molar-refractivity contribution in [2.75, 3.05) is 17.1 Å². The van der Waals surface area contributed by atoms with Crippen molar-refractivity contribution in [2.24, 2.45) is 0 Å². The number of nitrogens with zero attached hydrogens (tertiary/aromatic N) is 2. The quantitative estimate of drug-likeness (QED) is 0.553. The average molecular weight is 539 g/mol. The van der Waals surface area contributed by atoms with Crippen LogP contribution in [0.25, 0.3) is 0 Å². The van der Waals surface area contributed by atoms with Gasteiger partial charge in [-0.1, -0.05) is 46.3 Å². The van der Waals surface area contributed by atoms with E-state index in [2.05, 4.69) is 21.2 Å². The van der Waals surface area contributed by atoms with Crippen LogP contribution in [0.3, 0.4) is 0 Å². The molecular weight excluding hydrogens is 506 g/mol. The summed E-state index contributed by atoms with van der Waals surface area (Å²) in [5.74, 6) is -0.779. The number of sulfonamides is 1. The molecule has 9 heteroatoms. The number of anilines is 1. The number of aryl methyl sites for hydroxylation is 1. The summed E-state index contributed by atoms with van der Waals surface area (Å²) in [5, 5.41) is 2.90. The maximum Gasteiger partial charge on any atom is 0.244 e. The van der Waals surface area contributed by atoms with E-state index in [0.29, 0.717) is 5.69 Å². The maximum absolute atomic E-state index is 13.5. The monoisotopic (exact) mass is 537 g/mol. The molecule has 2 rings (SSSR count). The third kappa shape index (κ3) is 7.85. The lowest BCUT2D eigenvalue weighted by molar-refractivity contribution is -0.140. The van der Waals surface area contributed by atoms with Gasteiger partial charge in [0.15, 0.2) is 0 Å². The van der Waals surface area contributed by atoms with E-state index in [1.54, 1.807) is 25.1 Å². The van der Waals surface area contributed by atoms with E-state index in [4.69, 9.17) is 0 Å². The Balaban J connectivity index is 2.40. The Morgan fingerprint density at radius 2 is 1.70 bits per heavy atom. The molecular formula is C24H32BrN3O4S. The normalized spacial score (nSPS) is 12.7. The smallest absolute Gasteiger partial charge is 0.244 e. The van der Waals surface area contributed by atoms with Crippen LogP contribution in [0.1, 0.15) is 38.8 Å². The van der Waals surface area contributed by atoms with E-state index in [0.717, 1.165) is 26.2 Å². The van der Waals surface area contributed by atoms with Crippen LogP contribution in [-0.4, -0.2) is 49.5 Å². The molecule has 0 saturated carbocycles. The lowest BCUT2D eigenvalue weighted by Crippen LogP contribution is -2.54. The molecule has 0 spiro atoms. The van der Waals surface area contributed by atoms with Crippen LogP contribution < -0.4 is 9.62 Å². The fraction of sp³-hybridized carbons (Fsp3) is 0.417. The van der Waals surface area contributed by atoms with Gasteiger partial charge in [0.05, 0.1) is 11.9 Å². The molecule has 0 aliphatic rings. The van der Waals surface area contributed by atoms with Crippen molar-refractivity contribution < 1.29 is 18.0 Å². The highest BCUT2D eigenvalue weighted by Gasteiger charge is 2.31. The van der Waals surface area contributed by atoms with Crippen molar-refractivity contribution in [3.05, 3.63) is 64.1 Å². The largest absolute Gasteiger partial charge is 0.350 e. The third-order valence-corrected chi connectivity index (χ3v) is 7.00. The van der Waals surface area contributed by atoms with E-state index < -0.39 is 34.1 Å². The van der Waals surface area contributed by atoms with Crippen molar-refractivity contribution in [3.8, 4) is 0 Å². The first-order valence-electron chi connectivity index (χ1n) is 10.6. The van der Waals surface area contributed by atoms with Gasteiger partial charge >= 0.3 is 0 Å². The van der Waals surface area contributed by atoms with Crippen molar-refractivity contribution in [2.45, 2.75) is 52.7 Å². The van der Waals surface area contributed by atoms with Gasteiger partial charge in [-0.15, -0.1) is 0 Å². The SMILES string of the molecule is Cc1cc(N(CC(=O)N(Cc2ccccc2)C(C)C(=O)NC(C)(C)C)S(C)(=O)=O)ccc1Br. The maximum atomic E-state index is 13.5. The second kappa shape index (κ2) is 10.7. The van der Waals surface area contributed by atoms with E-state index in [1.165, 1.54) is 4.90 Å². The van der Waals surface area contributed by atoms with Crippen LogP contribution >= 0.6 is 15.9 Å².